The molecule has 144 valence electrons. The summed E-state index contributed by atoms with van der Waals surface area (Å²) in [5, 5.41) is 0.541. The van der Waals surface area contributed by atoms with Crippen molar-refractivity contribution in [2.24, 2.45) is 5.73 Å². The normalized spacial score (nSPS) is 16.2. The molecule has 1 aliphatic rings. The van der Waals surface area contributed by atoms with Crippen LogP contribution >= 0.6 is 11.6 Å². The van der Waals surface area contributed by atoms with Crippen LogP contribution in [-0.2, 0) is 10.0 Å². The molecular formula is C19H21ClN2O4S. The highest BCUT2D eigenvalue weighted by Crippen LogP contribution is 2.31. The molecule has 2 aromatic rings. The van der Waals surface area contributed by atoms with Crippen LogP contribution in [0.1, 0.15) is 41.8 Å². The molecule has 27 heavy (non-hydrogen) atoms. The molecule has 0 bridgehead atoms. The van der Waals surface area contributed by atoms with E-state index in [9.17, 15) is 13.2 Å². The lowest BCUT2D eigenvalue weighted by atomic mass is 10.1. The maximum atomic E-state index is 12.7. The van der Waals surface area contributed by atoms with Crippen molar-refractivity contribution in [2.75, 3.05) is 13.1 Å². The Morgan fingerprint density at radius 2 is 1.85 bits per heavy atom. The summed E-state index contributed by atoms with van der Waals surface area (Å²) in [6.45, 7) is 2.76. The van der Waals surface area contributed by atoms with E-state index in [4.69, 9.17) is 22.1 Å². The first-order chi connectivity index (χ1) is 12.8. The van der Waals surface area contributed by atoms with E-state index in [2.05, 4.69) is 0 Å². The summed E-state index contributed by atoms with van der Waals surface area (Å²) in [4.78, 5) is 12.0. The fourth-order valence-electron chi connectivity index (χ4n) is 3.10. The second-order valence-corrected chi connectivity index (χ2v) is 8.76. The van der Waals surface area contributed by atoms with Gasteiger partial charge in [0.15, 0.2) is 0 Å². The molecule has 6 nitrogen and oxygen atoms in total. The first-order valence-electron chi connectivity index (χ1n) is 8.66. The Balaban J connectivity index is 1.93. The molecule has 0 unspecified atom stereocenters. The smallest absolute Gasteiger partial charge is 0.252 e. The maximum Gasteiger partial charge on any atom is 0.252 e. The highest BCUT2D eigenvalue weighted by Gasteiger charge is 2.28. The first-order valence-corrected chi connectivity index (χ1v) is 10.5. The van der Waals surface area contributed by atoms with Crippen LogP contribution in [0.3, 0.4) is 0 Å². The van der Waals surface area contributed by atoms with E-state index in [0.29, 0.717) is 18.1 Å². The second-order valence-electron chi connectivity index (χ2n) is 6.42. The quantitative estimate of drug-likeness (QED) is 0.793. The third kappa shape index (κ3) is 4.10. The van der Waals surface area contributed by atoms with Gasteiger partial charge >= 0.3 is 0 Å². The zero-order valence-corrected chi connectivity index (χ0v) is 16.5. The molecule has 1 saturated heterocycles. The fourth-order valence-corrected chi connectivity index (χ4v) is 4.93. The first kappa shape index (κ1) is 19.7. The number of amides is 1. The zero-order chi connectivity index (χ0) is 19.6. The lowest BCUT2D eigenvalue weighted by molar-refractivity contribution is 0.0993. The number of ether oxygens (including phenoxy) is 1. The summed E-state index contributed by atoms with van der Waals surface area (Å²) in [6, 6.07) is 11.4. The van der Waals surface area contributed by atoms with E-state index in [-0.39, 0.29) is 16.2 Å². The third-order valence-corrected chi connectivity index (χ3v) is 6.81. The van der Waals surface area contributed by atoms with Crippen molar-refractivity contribution in [3.63, 3.8) is 0 Å². The van der Waals surface area contributed by atoms with Gasteiger partial charge in [-0.05, 0) is 44.0 Å². The number of benzene rings is 2. The number of halogens is 1. The van der Waals surface area contributed by atoms with Gasteiger partial charge in [-0.2, -0.15) is 4.31 Å². The maximum absolute atomic E-state index is 12.7. The molecule has 2 N–H and O–H groups in total. The Morgan fingerprint density at radius 1 is 1.19 bits per heavy atom. The Hall–Kier alpha value is -2.09. The van der Waals surface area contributed by atoms with Crippen LogP contribution in [0.2, 0.25) is 5.02 Å². The van der Waals surface area contributed by atoms with Crippen molar-refractivity contribution >= 4 is 27.5 Å². The topological polar surface area (TPSA) is 89.7 Å². The summed E-state index contributed by atoms with van der Waals surface area (Å²) in [6.07, 6.45) is 1.22. The average Bonchev–Trinajstić information content (AvgIpc) is 3.17. The van der Waals surface area contributed by atoms with Crippen molar-refractivity contribution in [1.29, 1.82) is 0 Å². The number of rotatable bonds is 6. The zero-order valence-electron chi connectivity index (χ0n) is 14.9. The number of carbonyl (C=O) groups excluding carboxylic acids is 1. The van der Waals surface area contributed by atoms with Gasteiger partial charge in [-0.25, -0.2) is 8.42 Å². The van der Waals surface area contributed by atoms with Gasteiger partial charge in [0, 0.05) is 23.7 Å². The molecule has 0 aliphatic carbocycles. The van der Waals surface area contributed by atoms with E-state index in [1.54, 1.807) is 13.0 Å². The molecule has 2 aromatic carbocycles. The highest BCUT2D eigenvalue weighted by molar-refractivity contribution is 7.89. The van der Waals surface area contributed by atoms with Crippen molar-refractivity contribution in [1.82, 2.24) is 4.31 Å². The van der Waals surface area contributed by atoms with E-state index in [0.717, 1.165) is 18.4 Å². The molecule has 0 aromatic heterocycles. The SMILES string of the molecule is C[C@@H](Oc1ccc(S(=O)(=O)N2CCCC2)cc1C(N)=O)c1ccccc1Cl. The minimum Gasteiger partial charge on any atom is -0.485 e. The Morgan fingerprint density at radius 3 is 2.48 bits per heavy atom. The van der Waals surface area contributed by atoms with Crippen molar-refractivity contribution in [2.45, 2.75) is 30.8 Å². The van der Waals surface area contributed by atoms with Crippen molar-refractivity contribution in [3.8, 4) is 5.75 Å². The molecule has 1 atom stereocenters. The summed E-state index contributed by atoms with van der Waals surface area (Å²) in [7, 11) is -3.65. The number of hydrogen-bond donors (Lipinski definition) is 1. The molecule has 8 heteroatoms. The largest absolute Gasteiger partial charge is 0.485 e. The van der Waals surface area contributed by atoms with Gasteiger partial charge in [0.25, 0.3) is 5.91 Å². The lowest BCUT2D eigenvalue weighted by Crippen LogP contribution is -2.28. The van der Waals surface area contributed by atoms with E-state index >= 15 is 0 Å². The van der Waals surface area contributed by atoms with Crippen LogP contribution in [0.15, 0.2) is 47.4 Å². The van der Waals surface area contributed by atoms with E-state index in [1.807, 2.05) is 18.2 Å². The van der Waals surface area contributed by atoms with Crippen LogP contribution in [-0.4, -0.2) is 31.7 Å². The number of carbonyl (C=O) groups is 1. The second kappa shape index (κ2) is 7.88. The molecule has 1 heterocycles. The number of nitrogens with zero attached hydrogens (tertiary/aromatic N) is 1. The molecular weight excluding hydrogens is 388 g/mol. The number of nitrogens with two attached hydrogens (primary N) is 1. The predicted octanol–water partition coefficient (Wildman–Crippen LogP) is 3.36. The molecule has 0 radical (unpaired) electrons. The number of primary amides is 1. The predicted molar refractivity (Wildman–Crippen MR) is 103 cm³/mol. The summed E-state index contributed by atoms with van der Waals surface area (Å²) < 4.78 is 32.7. The minimum atomic E-state index is -3.65. The van der Waals surface area contributed by atoms with Gasteiger partial charge in [0.05, 0.1) is 10.5 Å². The Kier molecular flexibility index (Phi) is 5.74. The number of hydrogen-bond acceptors (Lipinski definition) is 4. The summed E-state index contributed by atoms with van der Waals surface area (Å²) >= 11 is 6.19. The van der Waals surface area contributed by atoms with Crippen LogP contribution in [0.25, 0.3) is 0 Å². The van der Waals surface area contributed by atoms with Crippen LogP contribution in [0.5, 0.6) is 5.75 Å². The highest BCUT2D eigenvalue weighted by atomic mass is 35.5. The van der Waals surface area contributed by atoms with Gasteiger partial charge in [-0.3, -0.25) is 4.79 Å². The molecule has 1 aliphatic heterocycles. The van der Waals surface area contributed by atoms with Gasteiger partial charge in [0.2, 0.25) is 10.0 Å². The van der Waals surface area contributed by atoms with Crippen molar-refractivity contribution in [3.05, 3.63) is 58.6 Å². The molecule has 3 rings (SSSR count). The summed E-state index contributed by atoms with van der Waals surface area (Å²) in [5.74, 6) is -0.537. The van der Waals surface area contributed by atoms with Gasteiger partial charge in [-0.15, -0.1) is 0 Å². The average molecular weight is 409 g/mol. The standard InChI is InChI=1S/C19H21ClN2O4S/c1-13(15-6-2-3-7-17(15)20)26-18-9-8-14(12-16(18)19(21)23)27(24,25)22-10-4-5-11-22/h2-3,6-9,12-13H,4-5,10-11H2,1H3,(H2,21,23)/t13-/m1/s1. The van der Waals surface area contributed by atoms with Crippen LogP contribution in [0, 0.1) is 0 Å². The monoisotopic (exact) mass is 408 g/mol. The molecule has 0 saturated carbocycles. The fraction of sp³-hybridized carbons (Fsp3) is 0.316. The number of sulfonamides is 1. The van der Waals surface area contributed by atoms with Crippen LogP contribution < -0.4 is 10.5 Å². The molecule has 1 amide bonds. The van der Waals surface area contributed by atoms with E-state index < -0.39 is 22.0 Å². The minimum absolute atomic E-state index is 0.0224. The molecule has 0 spiro atoms. The van der Waals surface area contributed by atoms with Gasteiger partial charge in [-0.1, -0.05) is 29.8 Å². The van der Waals surface area contributed by atoms with Crippen LogP contribution in [0.4, 0.5) is 0 Å². The Bertz CT molecular complexity index is 956. The summed E-state index contributed by atoms with van der Waals surface area (Å²) in [5.41, 5.74) is 6.25. The lowest BCUT2D eigenvalue weighted by Gasteiger charge is -2.20. The van der Waals surface area contributed by atoms with E-state index in [1.165, 1.54) is 22.5 Å². The molecule has 1 fully saturated rings. The third-order valence-electron chi connectivity index (χ3n) is 4.57. The van der Waals surface area contributed by atoms with Gasteiger partial charge < -0.3 is 10.5 Å². The Labute approximate surface area is 163 Å². The van der Waals surface area contributed by atoms with Gasteiger partial charge in [0.1, 0.15) is 11.9 Å². The van der Waals surface area contributed by atoms with Crippen molar-refractivity contribution < 1.29 is 17.9 Å².